The maximum atomic E-state index is 12.3. The number of nitrogens with zero attached hydrogens (tertiary/aromatic N) is 8. The van der Waals surface area contributed by atoms with Crippen LogP contribution in [0.25, 0.3) is 17.3 Å². The van der Waals surface area contributed by atoms with Crippen molar-refractivity contribution in [3.8, 4) is 17.3 Å². The van der Waals surface area contributed by atoms with Gasteiger partial charge >= 0.3 is 0 Å². The lowest BCUT2D eigenvalue weighted by Gasteiger charge is -2.47. The Labute approximate surface area is 286 Å². The third-order valence-electron chi connectivity index (χ3n) is 12.4. The molecule has 9 nitrogen and oxygen atoms in total. The molecule has 1 aromatic heterocycles. The van der Waals surface area contributed by atoms with Crippen LogP contribution in [0.5, 0.6) is 0 Å². The molecule has 2 aromatic rings. The van der Waals surface area contributed by atoms with Crippen LogP contribution in [0.3, 0.4) is 0 Å². The van der Waals surface area contributed by atoms with Crippen LogP contribution in [0.1, 0.15) is 80.5 Å². The first-order chi connectivity index (χ1) is 23.1. The molecule has 5 fully saturated rings. The lowest BCUT2D eigenvalue weighted by atomic mass is 9.79. The Morgan fingerprint density at radius 3 is 2.44 bits per heavy atom. The van der Waals surface area contributed by atoms with Crippen LogP contribution in [0, 0.1) is 23.7 Å². The molecule has 0 bridgehead atoms. The van der Waals surface area contributed by atoms with Crippen LogP contribution < -0.4 is 9.80 Å². The fourth-order valence-corrected chi connectivity index (χ4v) is 9.01. The number of carbonyl (C=O) groups excluding carboxylic acids is 1. The fourth-order valence-electron chi connectivity index (χ4n) is 9.01. The lowest BCUT2D eigenvalue weighted by molar-refractivity contribution is -0.136. The topological polar surface area (TPSA) is 82.8 Å². The summed E-state index contributed by atoms with van der Waals surface area (Å²) in [6.07, 6.45) is 10.1. The van der Waals surface area contributed by atoms with Crippen LogP contribution in [0.4, 0.5) is 11.8 Å². The van der Waals surface area contributed by atoms with Crippen molar-refractivity contribution < 1.29 is 4.79 Å². The van der Waals surface area contributed by atoms with Crippen molar-refractivity contribution in [2.75, 3.05) is 75.8 Å². The molecule has 0 radical (unpaired) electrons. The molecule has 0 N–H and O–H groups in total. The Morgan fingerprint density at radius 1 is 1.04 bits per heavy atom. The zero-order chi connectivity index (χ0) is 33.8. The van der Waals surface area contributed by atoms with Gasteiger partial charge in [-0.3, -0.25) is 14.6 Å². The lowest BCUT2D eigenvalue weighted by Crippen LogP contribution is -2.59. The first kappa shape index (κ1) is 32.8. The quantitative estimate of drug-likeness (QED) is 0.350. The van der Waals surface area contributed by atoms with Gasteiger partial charge in [0, 0.05) is 81.5 Å². The van der Waals surface area contributed by atoms with Gasteiger partial charge in [0.2, 0.25) is 11.9 Å². The predicted molar refractivity (Wildman–Crippen MR) is 193 cm³/mol. The van der Waals surface area contributed by atoms with E-state index in [9.17, 15) is 10.1 Å². The molecular weight excluding hydrogens is 596 g/mol. The molecule has 48 heavy (non-hydrogen) atoms. The average molecular weight is 649 g/mol. The first-order valence-corrected chi connectivity index (χ1v) is 18.1. The molecule has 5 heterocycles. The summed E-state index contributed by atoms with van der Waals surface area (Å²) in [5.74, 6) is 1.73. The normalized spacial score (nSPS) is 22.9. The molecule has 4 aliphatic heterocycles. The molecule has 9 heteroatoms. The van der Waals surface area contributed by atoms with Crippen molar-refractivity contribution in [3.05, 3.63) is 53.6 Å². The minimum absolute atomic E-state index is 0.00850. The second-order valence-electron chi connectivity index (χ2n) is 15.4. The fraction of sp³-hybridized carbons (Fsp3) is 0.590. The van der Waals surface area contributed by atoms with E-state index in [2.05, 4.69) is 78.8 Å². The molecule has 4 saturated heterocycles. The number of benzene rings is 1. The number of likely N-dealkylation sites (N-methyl/N-ethyl adjacent to an activating group) is 1. The van der Waals surface area contributed by atoms with Gasteiger partial charge in [-0.2, -0.15) is 10.2 Å². The van der Waals surface area contributed by atoms with Crippen molar-refractivity contribution >= 4 is 23.7 Å². The molecule has 1 unspecified atom stereocenters. The molecule has 254 valence electrons. The minimum atomic E-state index is -0.00850. The van der Waals surface area contributed by atoms with Crippen LogP contribution in [0.2, 0.25) is 0 Å². The number of hydrogen-bond acceptors (Lipinski definition) is 8. The number of carbonyl (C=O) groups is 1. The monoisotopic (exact) mass is 648 g/mol. The number of piperidine rings is 1. The van der Waals surface area contributed by atoms with Crippen LogP contribution in [0.15, 0.2) is 31.4 Å². The predicted octanol–water partition coefficient (Wildman–Crippen LogP) is 5.45. The molecule has 1 atom stereocenters. The highest BCUT2D eigenvalue weighted by atomic mass is 16.2. The van der Waals surface area contributed by atoms with Crippen molar-refractivity contribution in [3.63, 3.8) is 0 Å². The van der Waals surface area contributed by atoms with Crippen molar-refractivity contribution in [1.82, 2.24) is 24.7 Å². The number of hydrogen-bond donors (Lipinski definition) is 0. The largest absolute Gasteiger partial charge is 0.355 e. The van der Waals surface area contributed by atoms with E-state index in [1.165, 1.54) is 31.0 Å². The summed E-state index contributed by atoms with van der Waals surface area (Å²) in [6, 6.07) is 7.46. The van der Waals surface area contributed by atoms with E-state index >= 15 is 0 Å². The number of likely N-dealkylation sites (tertiary alicyclic amines) is 1. The summed E-state index contributed by atoms with van der Waals surface area (Å²) < 4.78 is 0. The van der Waals surface area contributed by atoms with Gasteiger partial charge in [-0.1, -0.05) is 45.2 Å². The van der Waals surface area contributed by atoms with E-state index in [0.717, 1.165) is 112 Å². The van der Waals surface area contributed by atoms with Gasteiger partial charge in [0.15, 0.2) is 5.82 Å². The molecule has 1 saturated carbocycles. The van der Waals surface area contributed by atoms with Gasteiger partial charge in [-0.15, -0.1) is 0 Å². The first-order valence-electron chi connectivity index (χ1n) is 18.1. The van der Waals surface area contributed by atoms with Crippen LogP contribution >= 0.6 is 0 Å². The summed E-state index contributed by atoms with van der Waals surface area (Å²) in [4.78, 5) is 34.8. The summed E-state index contributed by atoms with van der Waals surface area (Å²) in [6.45, 7) is 22.8. The standard InChI is InChI=1S/C39H52N8O/c1-7-27(4)33-29(8-2)11-10-28(5)34(33)35-31(22-40)36(46-19-16-38(23-46)24-47(25-38)32(48)9-3)42-37(41-35)44-17-12-30(13-18-44)45-21-20-43(6)39(26-45)14-15-39/h8-11,27,30H,2-3,7,12-21,23-26H2,1,4-6H3. The van der Waals surface area contributed by atoms with E-state index in [0.29, 0.717) is 17.1 Å². The Hall–Kier alpha value is -3.74. The molecule has 2 spiro atoms. The number of amides is 1. The Kier molecular flexibility index (Phi) is 8.62. The molecule has 1 aromatic carbocycles. The summed E-state index contributed by atoms with van der Waals surface area (Å²) in [5.41, 5.74) is 6.19. The number of aromatic nitrogens is 2. The van der Waals surface area contributed by atoms with Gasteiger partial charge in [-0.25, -0.2) is 4.98 Å². The third-order valence-corrected chi connectivity index (χ3v) is 12.4. The second kappa shape index (κ2) is 12.6. The van der Waals surface area contributed by atoms with Crippen LogP contribution in [-0.2, 0) is 4.79 Å². The Morgan fingerprint density at radius 2 is 1.79 bits per heavy atom. The van der Waals surface area contributed by atoms with E-state index in [1.54, 1.807) is 0 Å². The van der Waals surface area contributed by atoms with Crippen LogP contribution in [-0.4, -0.2) is 108 Å². The van der Waals surface area contributed by atoms with Gasteiger partial charge in [0.25, 0.3) is 0 Å². The molecular formula is C39H52N8O. The Bertz CT molecular complexity index is 1640. The maximum absolute atomic E-state index is 12.3. The second-order valence-corrected chi connectivity index (χ2v) is 15.4. The van der Waals surface area contributed by atoms with Gasteiger partial charge < -0.3 is 14.7 Å². The van der Waals surface area contributed by atoms with Crippen molar-refractivity contribution in [2.45, 2.75) is 76.8 Å². The van der Waals surface area contributed by atoms with E-state index in [1.807, 2.05) is 11.0 Å². The summed E-state index contributed by atoms with van der Waals surface area (Å²) >= 11 is 0. The number of rotatable bonds is 8. The molecule has 5 aliphatic rings. The Balaban J connectivity index is 1.24. The average Bonchev–Trinajstić information content (AvgIpc) is 3.73. The number of piperazine rings is 1. The molecule has 1 amide bonds. The zero-order valence-electron chi connectivity index (χ0n) is 29.5. The molecule has 1 aliphatic carbocycles. The number of aryl methyl sites for hydroxylation is 1. The number of nitriles is 1. The zero-order valence-corrected chi connectivity index (χ0v) is 29.5. The third kappa shape index (κ3) is 5.61. The number of anilines is 2. The highest BCUT2D eigenvalue weighted by Gasteiger charge is 2.51. The van der Waals surface area contributed by atoms with Gasteiger partial charge in [-0.05, 0) is 81.2 Å². The van der Waals surface area contributed by atoms with E-state index < -0.39 is 0 Å². The summed E-state index contributed by atoms with van der Waals surface area (Å²) in [5, 5.41) is 10.9. The SMILES string of the molecule is C=CC(=O)N1CC2(CCN(c3nc(N4CCC(N5CCN(C)C6(CC6)C5)CC4)nc(-c4c(C)ccc(C=C)c4C(C)CC)c3C#N)C2)C1. The van der Waals surface area contributed by atoms with Gasteiger partial charge in [0.1, 0.15) is 11.6 Å². The maximum Gasteiger partial charge on any atom is 0.245 e. The van der Waals surface area contributed by atoms with E-state index in [-0.39, 0.29) is 17.2 Å². The van der Waals surface area contributed by atoms with Gasteiger partial charge in [0.05, 0.1) is 5.69 Å². The van der Waals surface area contributed by atoms with E-state index in [4.69, 9.17) is 9.97 Å². The van der Waals surface area contributed by atoms with Crippen molar-refractivity contribution in [2.24, 2.45) is 5.41 Å². The molecule has 7 rings (SSSR count). The van der Waals surface area contributed by atoms with Crippen molar-refractivity contribution in [1.29, 1.82) is 5.26 Å². The highest BCUT2D eigenvalue weighted by Crippen LogP contribution is 2.46. The minimum Gasteiger partial charge on any atom is -0.355 e. The smallest absolute Gasteiger partial charge is 0.245 e. The highest BCUT2D eigenvalue weighted by molar-refractivity contribution is 5.88. The summed E-state index contributed by atoms with van der Waals surface area (Å²) in [7, 11) is 2.30.